The molecule has 3 heterocycles. The van der Waals surface area contributed by atoms with Crippen LogP contribution in [-0.2, 0) is 9.59 Å². The molecule has 1 saturated heterocycles. The van der Waals surface area contributed by atoms with Gasteiger partial charge < -0.3 is 19.5 Å². The molecular formula is C30H41N3O5. The monoisotopic (exact) mass is 523 g/mol. The number of ether oxygens (including phenoxy) is 2. The Labute approximate surface area is 225 Å². The molecule has 0 saturated carbocycles. The van der Waals surface area contributed by atoms with Gasteiger partial charge in [-0.3, -0.25) is 19.5 Å². The summed E-state index contributed by atoms with van der Waals surface area (Å²) in [6.45, 7) is 10.1. The molecular weight excluding hydrogens is 482 g/mol. The maximum Gasteiger partial charge on any atom is 0.308 e. The topological polar surface area (TPSA) is 92.2 Å². The highest BCUT2D eigenvalue weighted by Crippen LogP contribution is 2.45. The van der Waals surface area contributed by atoms with E-state index in [-0.39, 0.29) is 36.6 Å². The zero-order valence-electron chi connectivity index (χ0n) is 23.1. The quantitative estimate of drug-likeness (QED) is 0.402. The standard InChI is InChI=1S/C30H41N3O5/c1-5-7-14-33(22-9-8-13-31-17-22)27(34)19-32-18-23(21-10-11-25-26(15-21)38-20-37-25)28(29(35)36)24(32)16-30(3,4)12-6-2/h8-11,13,15,17,23-24,28H,5-7,12,14,16,18-20H2,1-4H3,(H,35,36)/t23-,24+,28?/m1/s1. The Morgan fingerprint density at radius 3 is 2.63 bits per heavy atom. The predicted octanol–water partition coefficient (Wildman–Crippen LogP) is 5.33. The molecule has 0 aliphatic carbocycles. The van der Waals surface area contributed by atoms with Gasteiger partial charge in [0.15, 0.2) is 11.5 Å². The van der Waals surface area contributed by atoms with Crippen molar-refractivity contribution < 1.29 is 24.2 Å². The number of pyridine rings is 1. The van der Waals surface area contributed by atoms with Crippen molar-refractivity contribution in [3.63, 3.8) is 0 Å². The van der Waals surface area contributed by atoms with Crippen LogP contribution in [0.1, 0.15) is 71.3 Å². The SMILES string of the molecule is CCCCN(C(=O)CN1C[C@H](c2ccc3c(c2)OCO3)C(C(=O)O)[C@@H]1CC(C)(C)CCC)c1cccnc1. The Bertz CT molecular complexity index is 1110. The largest absolute Gasteiger partial charge is 0.481 e. The highest BCUT2D eigenvalue weighted by atomic mass is 16.7. The fourth-order valence-electron chi connectivity index (χ4n) is 6.06. The minimum absolute atomic E-state index is 0.0276. The second-order valence-electron chi connectivity index (χ2n) is 11.3. The first-order valence-corrected chi connectivity index (χ1v) is 13.8. The number of aromatic nitrogens is 1. The Hall–Kier alpha value is -3.13. The number of nitrogens with zero attached hydrogens (tertiary/aromatic N) is 3. The summed E-state index contributed by atoms with van der Waals surface area (Å²) >= 11 is 0. The number of unbranched alkanes of at least 4 members (excludes halogenated alkanes) is 1. The summed E-state index contributed by atoms with van der Waals surface area (Å²) in [7, 11) is 0. The van der Waals surface area contributed by atoms with Gasteiger partial charge in [-0.25, -0.2) is 0 Å². The molecule has 0 radical (unpaired) electrons. The number of anilines is 1. The number of carboxylic acid groups (broad SMARTS) is 1. The summed E-state index contributed by atoms with van der Waals surface area (Å²) in [6.07, 6.45) is 7.98. The summed E-state index contributed by atoms with van der Waals surface area (Å²) in [6, 6.07) is 9.18. The summed E-state index contributed by atoms with van der Waals surface area (Å²) in [5.41, 5.74) is 1.63. The molecule has 1 unspecified atom stereocenters. The molecule has 206 valence electrons. The molecule has 8 nitrogen and oxygen atoms in total. The third-order valence-electron chi connectivity index (χ3n) is 7.88. The maximum atomic E-state index is 13.8. The van der Waals surface area contributed by atoms with Crippen molar-refractivity contribution in [2.45, 2.75) is 71.8 Å². The molecule has 4 rings (SSSR count). The molecule has 1 aromatic carbocycles. The smallest absolute Gasteiger partial charge is 0.308 e. The Balaban J connectivity index is 1.65. The van der Waals surface area contributed by atoms with Crippen molar-refractivity contribution in [3.8, 4) is 11.5 Å². The summed E-state index contributed by atoms with van der Waals surface area (Å²) < 4.78 is 11.1. The molecule has 2 aromatic rings. The highest BCUT2D eigenvalue weighted by Gasteiger charge is 2.49. The average Bonchev–Trinajstić information content (AvgIpc) is 3.49. The van der Waals surface area contributed by atoms with Gasteiger partial charge >= 0.3 is 5.97 Å². The van der Waals surface area contributed by atoms with Gasteiger partial charge in [0.2, 0.25) is 12.7 Å². The Morgan fingerprint density at radius 2 is 1.95 bits per heavy atom. The van der Waals surface area contributed by atoms with Gasteiger partial charge in [0.05, 0.1) is 24.3 Å². The Morgan fingerprint density at radius 1 is 1.16 bits per heavy atom. The zero-order chi connectivity index (χ0) is 27.3. The van der Waals surface area contributed by atoms with E-state index >= 15 is 0 Å². The molecule has 1 aromatic heterocycles. The van der Waals surface area contributed by atoms with E-state index in [0.29, 0.717) is 31.0 Å². The number of carbonyl (C=O) groups excluding carboxylic acids is 1. The van der Waals surface area contributed by atoms with E-state index in [9.17, 15) is 14.7 Å². The van der Waals surface area contributed by atoms with Crippen molar-refractivity contribution in [1.29, 1.82) is 0 Å². The van der Waals surface area contributed by atoms with E-state index < -0.39 is 11.9 Å². The van der Waals surface area contributed by atoms with Crippen LogP contribution in [0.2, 0.25) is 0 Å². The van der Waals surface area contributed by atoms with E-state index in [1.807, 2.05) is 30.3 Å². The van der Waals surface area contributed by atoms with Crippen molar-refractivity contribution in [1.82, 2.24) is 9.88 Å². The molecule has 1 fully saturated rings. The number of likely N-dealkylation sites (tertiary alicyclic amines) is 1. The average molecular weight is 524 g/mol. The first kappa shape index (κ1) is 27.9. The van der Waals surface area contributed by atoms with Gasteiger partial charge in [-0.2, -0.15) is 0 Å². The van der Waals surface area contributed by atoms with E-state index in [4.69, 9.17) is 9.47 Å². The van der Waals surface area contributed by atoms with E-state index in [1.165, 1.54) is 0 Å². The number of carbonyl (C=O) groups is 2. The lowest BCUT2D eigenvalue weighted by Crippen LogP contribution is -2.46. The number of hydrogen-bond donors (Lipinski definition) is 1. The first-order valence-electron chi connectivity index (χ1n) is 13.8. The van der Waals surface area contributed by atoms with Crippen LogP contribution < -0.4 is 14.4 Å². The highest BCUT2D eigenvalue weighted by molar-refractivity contribution is 5.94. The maximum absolute atomic E-state index is 13.8. The van der Waals surface area contributed by atoms with Crippen LogP contribution in [0.15, 0.2) is 42.7 Å². The van der Waals surface area contributed by atoms with Crippen LogP contribution in [-0.4, -0.2) is 59.3 Å². The van der Waals surface area contributed by atoms with Crippen LogP contribution in [0.4, 0.5) is 5.69 Å². The minimum atomic E-state index is -0.824. The fraction of sp³-hybridized carbons (Fsp3) is 0.567. The van der Waals surface area contributed by atoms with Gasteiger partial charge in [-0.05, 0) is 54.5 Å². The molecule has 2 aliphatic rings. The van der Waals surface area contributed by atoms with Crippen LogP contribution in [0.25, 0.3) is 0 Å². The van der Waals surface area contributed by atoms with Gasteiger partial charge in [0, 0.05) is 31.2 Å². The third kappa shape index (κ3) is 6.29. The fourth-order valence-corrected chi connectivity index (χ4v) is 6.06. The second-order valence-corrected chi connectivity index (χ2v) is 11.3. The molecule has 0 bridgehead atoms. The van der Waals surface area contributed by atoms with Crippen LogP contribution in [0.3, 0.4) is 0 Å². The number of aliphatic carboxylic acids is 1. The lowest BCUT2D eigenvalue weighted by atomic mass is 9.76. The minimum Gasteiger partial charge on any atom is -0.481 e. The van der Waals surface area contributed by atoms with Crippen LogP contribution in [0.5, 0.6) is 11.5 Å². The second kappa shape index (κ2) is 12.2. The van der Waals surface area contributed by atoms with Gasteiger partial charge in [0.1, 0.15) is 0 Å². The Kier molecular flexibility index (Phi) is 8.92. The van der Waals surface area contributed by atoms with Crippen molar-refractivity contribution >= 4 is 17.6 Å². The molecule has 3 atom stereocenters. The molecule has 1 amide bonds. The van der Waals surface area contributed by atoms with E-state index in [1.54, 1.807) is 17.3 Å². The van der Waals surface area contributed by atoms with E-state index in [2.05, 4.69) is 37.6 Å². The van der Waals surface area contributed by atoms with Crippen molar-refractivity contribution in [3.05, 3.63) is 48.3 Å². The molecule has 38 heavy (non-hydrogen) atoms. The van der Waals surface area contributed by atoms with Crippen LogP contribution >= 0.6 is 0 Å². The molecule has 0 spiro atoms. The number of rotatable bonds is 12. The summed E-state index contributed by atoms with van der Waals surface area (Å²) in [4.78, 5) is 34.7. The third-order valence-corrected chi connectivity index (χ3v) is 7.88. The van der Waals surface area contributed by atoms with Gasteiger partial charge in [0.25, 0.3) is 0 Å². The summed E-state index contributed by atoms with van der Waals surface area (Å²) in [5.74, 6) is -0.433. The first-order chi connectivity index (χ1) is 18.2. The predicted molar refractivity (Wildman–Crippen MR) is 147 cm³/mol. The van der Waals surface area contributed by atoms with Gasteiger partial charge in [-0.1, -0.05) is 46.6 Å². The number of fused-ring (bicyclic) bond motifs is 1. The van der Waals surface area contributed by atoms with Crippen molar-refractivity contribution in [2.24, 2.45) is 11.3 Å². The van der Waals surface area contributed by atoms with Gasteiger partial charge in [-0.15, -0.1) is 0 Å². The number of benzene rings is 1. The molecule has 8 heteroatoms. The lowest BCUT2D eigenvalue weighted by molar-refractivity contribution is -0.143. The summed E-state index contributed by atoms with van der Waals surface area (Å²) in [5, 5.41) is 10.5. The lowest BCUT2D eigenvalue weighted by Gasteiger charge is -2.35. The number of carboxylic acids is 1. The normalized spacial score (nSPS) is 21.0. The molecule has 1 N–H and O–H groups in total. The van der Waals surface area contributed by atoms with Crippen molar-refractivity contribution in [2.75, 3.05) is 31.3 Å². The number of hydrogen-bond acceptors (Lipinski definition) is 6. The number of amides is 1. The zero-order valence-corrected chi connectivity index (χ0v) is 23.1. The molecule has 2 aliphatic heterocycles. The van der Waals surface area contributed by atoms with Crippen LogP contribution in [0, 0.1) is 11.3 Å². The van der Waals surface area contributed by atoms with E-state index in [0.717, 1.165) is 36.9 Å².